The summed E-state index contributed by atoms with van der Waals surface area (Å²) >= 11 is 1.74. The predicted octanol–water partition coefficient (Wildman–Crippen LogP) is 5.77. The van der Waals surface area contributed by atoms with Crippen LogP contribution in [-0.4, -0.2) is 22.5 Å². The first-order valence-corrected chi connectivity index (χ1v) is 11.8. The van der Waals surface area contributed by atoms with E-state index in [1.165, 1.54) is 11.6 Å². The zero-order valence-corrected chi connectivity index (χ0v) is 18.9. The summed E-state index contributed by atoms with van der Waals surface area (Å²) in [6.45, 7) is 5.09. The van der Waals surface area contributed by atoms with Crippen LogP contribution in [0.15, 0.2) is 54.6 Å². The zero-order chi connectivity index (χ0) is 22.4. The van der Waals surface area contributed by atoms with Crippen LogP contribution in [0.3, 0.4) is 0 Å². The molecule has 3 aromatic rings. The van der Waals surface area contributed by atoms with Crippen molar-refractivity contribution in [2.75, 3.05) is 12.0 Å². The van der Waals surface area contributed by atoms with E-state index in [4.69, 9.17) is 0 Å². The summed E-state index contributed by atoms with van der Waals surface area (Å²) in [6, 6.07) is 15.9. The standard InChI is InChI=1S/C25H28F2N2OS/c1-17(2)24-14-20(25(30)28-15-19-9-10-21(26)22(27)13-19)23(11-12-31-3)29(24)16-18-7-5-4-6-8-18/h4-10,13-14,17H,11-12,15-16H2,1-3H3,(H,28,30). The van der Waals surface area contributed by atoms with E-state index < -0.39 is 11.6 Å². The number of nitrogens with one attached hydrogen (secondary N) is 1. The van der Waals surface area contributed by atoms with Gasteiger partial charge in [0.25, 0.3) is 5.91 Å². The highest BCUT2D eigenvalue weighted by atomic mass is 32.2. The normalized spacial score (nSPS) is 11.2. The molecule has 0 unspecified atom stereocenters. The van der Waals surface area contributed by atoms with Crippen LogP contribution >= 0.6 is 11.8 Å². The maximum absolute atomic E-state index is 13.5. The van der Waals surface area contributed by atoms with Crippen molar-refractivity contribution in [3.63, 3.8) is 0 Å². The summed E-state index contributed by atoms with van der Waals surface area (Å²) in [4.78, 5) is 13.1. The molecule has 0 atom stereocenters. The Morgan fingerprint density at radius 1 is 1.03 bits per heavy atom. The van der Waals surface area contributed by atoms with E-state index in [2.05, 4.69) is 42.1 Å². The minimum Gasteiger partial charge on any atom is -0.348 e. The van der Waals surface area contributed by atoms with Gasteiger partial charge in [-0.05, 0) is 53.7 Å². The molecule has 0 aliphatic rings. The van der Waals surface area contributed by atoms with Crippen molar-refractivity contribution in [3.05, 3.63) is 94.3 Å². The third-order valence-electron chi connectivity index (χ3n) is 5.24. The highest BCUT2D eigenvalue weighted by Gasteiger charge is 2.21. The topological polar surface area (TPSA) is 34.0 Å². The Labute approximate surface area is 186 Å². The second kappa shape index (κ2) is 10.6. The molecule has 0 bridgehead atoms. The third-order valence-corrected chi connectivity index (χ3v) is 5.85. The van der Waals surface area contributed by atoms with E-state index >= 15 is 0 Å². The lowest BCUT2D eigenvalue weighted by Gasteiger charge is -2.16. The van der Waals surface area contributed by atoms with Gasteiger partial charge in [0, 0.05) is 24.5 Å². The van der Waals surface area contributed by atoms with Crippen molar-refractivity contribution in [1.82, 2.24) is 9.88 Å². The van der Waals surface area contributed by atoms with Gasteiger partial charge in [-0.1, -0.05) is 50.2 Å². The lowest BCUT2D eigenvalue weighted by atomic mass is 10.1. The quantitative estimate of drug-likeness (QED) is 0.456. The van der Waals surface area contributed by atoms with Crippen molar-refractivity contribution in [3.8, 4) is 0 Å². The van der Waals surface area contributed by atoms with Gasteiger partial charge in [-0.15, -0.1) is 0 Å². The highest BCUT2D eigenvalue weighted by molar-refractivity contribution is 7.98. The molecular weight excluding hydrogens is 414 g/mol. The van der Waals surface area contributed by atoms with Gasteiger partial charge < -0.3 is 9.88 Å². The van der Waals surface area contributed by atoms with E-state index in [0.717, 1.165) is 35.7 Å². The summed E-state index contributed by atoms with van der Waals surface area (Å²) in [5, 5.41) is 2.87. The summed E-state index contributed by atoms with van der Waals surface area (Å²) in [7, 11) is 0. The monoisotopic (exact) mass is 442 g/mol. The van der Waals surface area contributed by atoms with Gasteiger partial charge in [0.2, 0.25) is 0 Å². The summed E-state index contributed by atoms with van der Waals surface area (Å²) in [5.74, 6) is -0.851. The third kappa shape index (κ3) is 5.76. The largest absolute Gasteiger partial charge is 0.348 e. The molecule has 1 heterocycles. The number of amides is 1. The number of hydrogen-bond donors (Lipinski definition) is 1. The Morgan fingerprint density at radius 2 is 1.77 bits per heavy atom. The Balaban J connectivity index is 1.90. The molecule has 6 heteroatoms. The molecule has 164 valence electrons. The Kier molecular flexibility index (Phi) is 7.91. The predicted molar refractivity (Wildman–Crippen MR) is 124 cm³/mol. The summed E-state index contributed by atoms with van der Waals surface area (Å²) in [5.41, 5.74) is 4.46. The minimum absolute atomic E-state index is 0.138. The number of halogens is 2. The molecule has 1 N–H and O–H groups in total. The van der Waals surface area contributed by atoms with Gasteiger partial charge in [-0.2, -0.15) is 11.8 Å². The Hall–Kier alpha value is -2.60. The number of aromatic nitrogens is 1. The van der Waals surface area contributed by atoms with Gasteiger partial charge in [-0.25, -0.2) is 8.78 Å². The maximum atomic E-state index is 13.5. The van der Waals surface area contributed by atoms with Crippen LogP contribution < -0.4 is 5.32 Å². The fourth-order valence-electron chi connectivity index (χ4n) is 3.63. The Bertz CT molecular complexity index is 1030. The Morgan fingerprint density at radius 3 is 2.42 bits per heavy atom. The van der Waals surface area contributed by atoms with E-state index in [1.54, 1.807) is 11.8 Å². The summed E-state index contributed by atoms with van der Waals surface area (Å²) < 4.78 is 28.9. The first kappa shape index (κ1) is 23.1. The van der Waals surface area contributed by atoms with Crippen LogP contribution in [0, 0.1) is 11.6 Å². The van der Waals surface area contributed by atoms with Crippen molar-refractivity contribution in [2.24, 2.45) is 0 Å². The summed E-state index contributed by atoms with van der Waals surface area (Å²) in [6.07, 6.45) is 2.82. The van der Waals surface area contributed by atoms with Crippen LogP contribution in [0.25, 0.3) is 0 Å². The lowest BCUT2D eigenvalue weighted by molar-refractivity contribution is 0.0950. The van der Waals surface area contributed by atoms with Crippen LogP contribution in [0.4, 0.5) is 8.78 Å². The molecule has 0 saturated heterocycles. The fraction of sp³-hybridized carbons (Fsp3) is 0.320. The SMILES string of the molecule is CSCCc1c(C(=O)NCc2ccc(F)c(F)c2)cc(C(C)C)n1Cc1ccccc1. The minimum atomic E-state index is -0.913. The van der Waals surface area contributed by atoms with Gasteiger partial charge in [-0.3, -0.25) is 4.79 Å². The number of rotatable bonds is 9. The molecule has 0 aliphatic heterocycles. The fourth-order valence-corrected chi connectivity index (χ4v) is 4.03. The molecule has 1 amide bonds. The number of carbonyl (C=O) groups is 1. The number of carbonyl (C=O) groups excluding carboxylic acids is 1. The van der Waals surface area contributed by atoms with Crippen molar-refractivity contribution in [1.29, 1.82) is 0 Å². The first-order valence-electron chi connectivity index (χ1n) is 10.4. The average molecular weight is 443 g/mol. The highest BCUT2D eigenvalue weighted by Crippen LogP contribution is 2.26. The van der Waals surface area contributed by atoms with E-state index in [1.807, 2.05) is 24.3 Å². The molecule has 0 aliphatic carbocycles. The molecule has 0 saturated carbocycles. The number of hydrogen-bond acceptors (Lipinski definition) is 2. The van der Waals surface area contributed by atoms with E-state index in [0.29, 0.717) is 17.7 Å². The number of nitrogens with zero attached hydrogens (tertiary/aromatic N) is 1. The van der Waals surface area contributed by atoms with Crippen molar-refractivity contribution >= 4 is 17.7 Å². The molecule has 3 nitrogen and oxygen atoms in total. The van der Waals surface area contributed by atoms with Crippen molar-refractivity contribution in [2.45, 2.75) is 39.3 Å². The second-order valence-electron chi connectivity index (χ2n) is 7.83. The van der Waals surface area contributed by atoms with Gasteiger partial charge >= 0.3 is 0 Å². The molecule has 1 aromatic heterocycles. The second-order valence-corrected chi connectivity index (χ2v) is 8.82. The van der Waals surface area contributed by atoms with Crippen LogP contribution in [-0.2, 0) is 19.5 Å². The maximum Gasteiger partial charge on any atom is 0.253 e. The van der Waals surface area contributed by atoms with Crippen LogP contribution in [0.5, 0.6) is 0 Å². The smallest absolute Gasteiger partial charge is 0.253 e. The average Bonchev–Trinajstić information content (AvgIpc) is 3.12. The number of benzene rings is 2. The van der Waals surface area contributed by atoms with E-state index in [-0.39, 0.29) is 18.4 Å². The van der Waals surface area contributed by atoms with Gasteiger partial charge in [0.05, 0.1) is 5.56 Å². The van der Waals surface area contributed by atoms with Gasteiger partial charge in [0.15, 0.2) is 11.6 Å². The first-order chi connectivity index (χ1) is 14.9. The number of thioether (sulfide) groups is 1. The molecule has 2 aromatic carbocycles. The van der Waals surface area contributed by atoms with Crippen LogP contribution in [0.2, 0.25) is 0 Å². The molecular formula is C25H28F2N2OS. The van der Waals surface area contributed by atoms with Crippen molar-refractivity contribution < 1.29 is 13.6 Å². The van der Waals surface area contributed by atoms with Crippen LogP contribution in [0.1, 0.15) is 52.6 Å². The zero-order valence-electron chi connectivity index (χ0n) is 18.1. The molecule has 0 fully saturated rings. The van der Waals surface area contributed by atoms with Gasteiger partial charge in [0.1, 0.15) is 0 Å². The molecule has 31 heavy (non-hydrogen) atoms. The molecule has 0 spiro atoms. The lowest BCUT2D eigenvalue weighted by Crippen LogP contribution is -2.24. The molecule has 0 radical (unpaired) electrons. The van der Waals surface area contributed by atoms with E-state index in [9.17, 15) is 13.6 Å². The molecule has 3 rings (SSSR count).